The molecule has 3 nitrogen and oxygen atoms in total. The quantitative estimate of drug-likeness (QED) is 0.518. The predicted molar refractivity (Wildman–Crippen MR) is 34.0 cm³/mol. The van der Waals surface area contributed by atoms with Crippen LogP contribution in [0.5, 0.6) is 0 Å². The molecule has 0 fully saturated rings. The summed E-state index contributed by atoms with van der Waals surface area (Å²) in [5.74, 6) is -2.14. The summed E-state index contributed by atoms with van der Waals surface area (Å²) in [6.45, 7) is 0. The first-order valence-corrected chi connectivity index (χ1v) is 2.78. The lowest BCUT2D eigenvalue weighted by atomic mass is 9.80. The zero-order chi connectivity index (χ0) is 8.43. The molecule has 1 aromatic rings. The van der Waals surface area contributed by atoms with E-state index in [1.54, 1.807) is 0 Å². The van der Waals surface area contributed by atoms with Gasteiger partial charge in [0.15, 0.2) is 0 Å². The third-order valence-corrected chi connectivity index (χ3v) is 1.15. The van der Waals surface area contributed by atoms with Crippen LogP contribution in [0.15, 0.2) is 12.4 Å². The summed E-state index contributed by atoms with van der Waals surface area (Å²) in [6, 6.07) is 0. The van der Waals surface area contributed by atoms with E-state index in [0.717, 1.165) is 0 Å². The SMILES string of the molecule is OB(O)c1c(F)cncc1F. The molecule has 0 radical (unpaired) electrons. The summed E-state index contributed by atoms with van der Waals surface area (Å²) in [5.41, 5.74) is -0.778. The van der Waals surface area contributed by atoms with Crippen LogP contribution in [0.2, 0.25) is 0 Å². The Bertz CT molecular complexity index is 248. The zero-order valence-corrected chi connectivity index (χ0v) is 5.33. The van der Waals surface area contributed by atoms with Crippen LogP contribution >= 0.6 is 0 Å². The highest BCUT2D eigenvalue weighted by molar-refractivity contribution is 6.58. The van der Waals surface area contributed by atoms with Crippen LogP contribution in [0.1, 0.15) is 0 Å². The van der Waals surface area contributed by atoms with Gasteiger partial charge in [-0.05, 0) is 0 Å². The molecule has 0 saturated carbocycles. The first kappa shape index (κ1) is 8.09. The molecule has 1 aromatic heterocycles. The smallest absolute Gasteiger partial charge is 0.423 e. The minimum absolute atomic E-state index is 0.706. The third kappa shape index (κ3) is 1.52. The Balaban J connectivity index is 3.21. The van der Waals surface area contributed by atoms with Crippen molar-refractivity contribution in [3.63, 3.8) is 0 Å². The van der Waals surface area contributed by atoms with Gasteiger partial charge in [-0.1, -0.05) is 0 Å². The third-order valence-electron chi connectivity index (χ3n) is 1.15. The monoisotopic (exact) mass is 159 g/mol. The molecule has 58 valence electrons. The average Bonchev–Trinajstić information content (AvgIpc) is 1.85. The van der Waals surface area contributed by atoms with Gasteiger partial charge in [-0.25, -0.2) is 8.78 Å². The number of hydrogen-bond donors (Lipinski definition) is 2. The van der Waals surface area contributed by atoms with Crippen LogP contribution in [0, 0.1) is 11.6 Å². The Hall–Kier alpha value is -1.01. The zero-order valence-electron chi connectivity index (χ0n) is 5.33. The van der Waals surface area contributed by atoms with Gasteiger partial charge in [-0.3, -0.25) is 4.98 Å². The van der Waals surface area contributed by atoms with Crippen LogP contribution in [0.4, 0.5) is 8.78 Å². The summed E-state index contributed by atoms with van der Waals surface area (Å²) in [4.78, 5) is 3.15. The fraction of sp³-hybridized carbons (Fsp3) is 0. The van der Waals surface area contributed by atoms with E-state index in [2.05, 4.69) is 4.98 Å². The normalized spacial score (nSPS) is 9.82. The Morgan fingerprint density at radius 3 is 1.91 bits per heavy atom. The van der Waals surface area contributed by atoms with Crippen LogP contribution in [-0.2, 0) is 0 Å². The van der Waals surface area contributed by atoms with Crippen molar-refractivity contribution in [2.75, 3.05) is 0 Å². The van der Waals surface area contributed by atoms with E-state index in [9.17, 15) is 8.78 Å². The summed E-state index contributed by atoms with van der Waals surface area (Å²) < 4.78 is 25.0. The first-order valence-electron chi connectivity index (χ1n) is 2.78. The molecule has 0 aliphatic heterocycles. The molecule has 0 saturated heterocycles. The molecule has 1 heterocycles. The van der Waals surface area contributed by atoms with Gasteiger partial charge >= 0.3 is 7.12 Å². The molecule has 6 heteroatoms. The highest BCUT2D eigenvalue weighted by Gasteiger charge is 2.21. The largest absolute Gasteiger partial charge is 0.494 e. The van der Waals surface area contributed by atoms with Crippen LogP contribution in [0.3, 0.4) is 0 Å². The average molecular weight is 159 g/mol. The standard InChI is InChI=1S/C5H4BF2NO2/c7-3-1-9-2-4(8)5(3)6(10)11/h1-2,10-11H. The molecule has 0 spiro atoms. The highest BCUT2D eigenvalue weighted by atomic mass is 19.1. The summed E-state index contributed by atoms with van der Waals surface area (Å²) in [7, 11) is -2.14. The Kier molecular flexibility index (Phi) is 2.16. The van der Waals surface area contributed by atoms with E-state index in [-0.39, 0.29) is 0 Å². The fourth-order valence-corrected chi connectivity index (χ4v) is 0.668. The van der Waals surface area contributed by atoms with E-state index in [0.29, 0.717) is 12.4 Å². The van der Waals surface area contributed by atoms with Crippen molar-refractivity contribution >= 4 is 12.6 Å². The van der Waals surface area contributed by atoms with Gasteiger partial charge in [-0.2, -0.15) is 0 Å². The van der Waals surface area contributed by atoms with Crippen molar-refractivity contribution in [3.8, 4) is 0 Å². The molecule has 0 aliphatic rings. The van der Waals surface area contributed by atoms with E-state index < -0.39 is 24.2 Å². The number of nitrogens with zero attached hydrogens (tertiary/aromatic N) is 1. The summed E-state index contributed by atoms with van der Waals surface area (Å²) >= 11 is 0. The maximum absolute atomic E-state index is 12.5. The van der Waals surface area contributed by atoms with Crippen LogP contribution < -0.4 is 5.46 Å². The van der Waals surface area contributed by atoms with Crippen molar-refractivity contribution in [2.45, 2.75) is 0 Å². The molecular formula is C5H4BF2NO2. The lowest BCUT2D eigenvalue weighted by Crippen LogP contribution is -2.35. The summed E-state index contributed by atoms with van der Waals surface area (Å²) in [5, 5.41) is 16.9. The van der Waals surface area contributed by atoms with E-state index >= 15 is 0 Å². The van der Waals surface area contributed by atoms with Gasteiger partial charge in [0.25, 0.3) is 0 Å². The number of hydrogen-bond acceptors (Lipinski definition) is 3. The second-order valence-corrected chi connectivity index (χ2v) is 1.89. The first-order chi connectivity index (χ1) is 5.13. The minimum atomic E-state index is -2.14. The summed E-state index contributed by atoms with van der Waals surface area (Å²) in [6.07, 6.45) is 1.41. The van der Waals surface area contributed by atoms with Gasteiger partial charge in [0.05, 0.1) is 17.9 Å². The Morgan fingerprint density at radius 2 is 1.64 bits per heavy atom. The van der Waals surface area contributed by atoms with Gasteiger partial charge < -0.3 is 10.0 Å². The molecule has 0 atom stereocenters. The van der Waals surface area contributed by atoms with Crippen molar-refractivity contribution in [1.82, 2.24) is 4.98 Å². The molecule has 0 aromatic carbocycles. The topological polar surface area (TPSA) is 53.4 Å². The van der Waals surface area contributed by atoms with Crippen molar-refractivity contribution in [3.05, 3.63) is 24.0 Å². The van der Waals surface area contributed by atoms with Gasteiger partial charge in [0.2, 0.25) is 0 Å². The van der Waals surface area contributed by atoms with Crippen molar-refractivity contribution < 1.29 is 18.8 Å². The molecule has 1 rings (SSSR count). The second-order valence-electron chi connectivity index (χ2n) is 1.89. The number of rotatable bonds is 1. The minimum Gasteiger partial charge on any atom is -0.423 e. The second kappa shape index (κ2) is 2.94. The van der Waals surface area contributed by atoms with E-state index in [1.807, 2.05) is 0 Å². The molecule has 2 N–H and O–H groups in total. The van der Waals surface area contributed by atoms with Crippen LogP contribution in [-0.4, -0.2) is 22.2 Å². The Labute approximate surface area is 61.5 Å². The Morgan fingerprint density at radius 1 is 1.18 bits per heavy atom. The molecule has 0 unspecified atom stereocenters. The van der Waals surface area contributed by atoms with Crippen LogP contribution in [0.25, 0.3) is 0 Å². The lowest BCUT2D eigenvalue weighted by molar-refractivity contribution is 0.419. The number of pyridine rings is 1. The lowest BCUT2D eigenvalue weighted by Gasteiger charge is -2.00. The van der Waals surface area contributed by atoms with E-state index in [4.69, 9.17) is 10.0 Å². The van der Waals surface area contributed by atoms with Gasteiger partial charge in [0.1, 0.15) is 11.6 Å². The fourth-order valence-electron chi connectivity index (χ4n) is 0.668. The molecular weight excluding hydrogens is 155 g/mol. The van der Waals surface area contributed by atoms with Gasteiger partial charge in [0, 0.05) is 0 Å². The predicted octanol–water partition coefficient (Wildman–Crippen LogP) is -0.960. The number of halogens is 2. The highest BCUT2D eigenvalue weighted by Crippen LogP contribution is 1.96. The van der Waals surface area contributed by atoms with Crippen molar-refractivity contribution in [2.24, 2.45) is 0 Å². The molecule has 0 bridgehead atoms. The van der Waals surface area contributed by atoms with E-state index in [1.165, 1.54) is 0 Å². The number of aromatic nitrogens is 1. The molecule has 0 aliphatic carbocycles. The molecule has 11 heavy (non-hydrogen) atoms. The maximum Gasteiger partial charge on any atom is 0.494 e. The van der Waals surface area contributed by atoms with Gasteiger partial charge in [-0.15, -0.1) is 0 Å². The maximum atomic E-state index is 12.5. The van der Waals surface area contributed by atoms with Crippen molar-refractivity contribution in [1.29, 1.82) is 0 Å². The molecule has 0 amide bonds.